The highest BCUT2D eigenvalue weighted by molar-refractivity contribution is 7.99. The molecule has 0 amide bonds. The summed E-state index contributed by atoms with van der Waals surface area (Å²) in [4.78, 5) is 3.44. The Kier molecular flexibility index (Phi) is 3.71. The van der Waals surface area contributed by atoms with E-state index >= 15 is 0 Å². The Balaban J connectivity index is 2.19. The molecule has 1 aromatic heterocycles. The van der Waals surface area contributed by atoms with Crippen molar-refractivity contribution in [2.75, 3.05) is 43.2 Å². The number of nitrogens with two attached hydrogens (primary N) is 1. The minimum absolute atomic E-state index is 0.660. The summed E-state index contributed by atoms with van der Waals surface area (Å²) < 4.78 is 9.64. The molecule has 1 saturated heterocycles. The smallest absolute Gasteiger partial charge is 0.153 e. The first-order chi connectivity index (χ1) is 7.33. The van der Waals surface area contributed by atoms with Crippen LogP contribution in [0.15, 0.2) is 4.90 Å². The molecule has 1 aromatic rings. The van der Waals surface area contributed by atoms with Crippen LogP contribution in [-0.4, -0.2) is 36.9 Å². The lowest BCUT2D eigenvalue weighted by molar-refractivity contribution is 0.152. The van der Waals surface area contributed by atoms with Gasteiger partial charge in [-0.05, 0) is 24.2 Å². The Morgan fingerprint density at radius 2 is 2.33 bits per heavy atom. The minimum atomic E-state index is 0.660. The molecule has 2 heterocycles. The molecular weight excluding hydrogens is 230 g/mol. The van der Waals surface area contributed by atoms with Crippen LogP contribution in [0, 0.1) is 0 Å². The van der Waals surface area contributed by atoms with Crippen molar-refractivity contribution in [1.29, 1.82) is 0 Å². The lowest BCUT2D eigenvalue weighted by Crippen LogP contribution is -2.25. The Labute approximate surface area is 98.0 Å². The number of nitrogen functional groups attached to an aromatic ring is 1. The van der Waals surface area contributed by atoms with Crippen molar-refractivity contribution in [3.05, 3.63) is 0 Å². The van der Waals surface area contributed by atoms with Gasteiger partial charge in [0, 0.05) is 19.7 Å². The van der Waals surface area contributed by atoms with E-state index in [9.17, 15) is 0 Å². The van der Waals surface area contributed by atoms with Crippen LogP contribution in [-0.2, 0) is 4.74 Å². The summed E-state index contributed by atoms with van der Waals surface area (Å²) in [5, 5.41) is 1.20. The largest absolute Gasteiger partial charge is 0.382 e. The van der Waals surface area contributed by atoms with E-state index in [1.165, 1.54) is 16.5 Å². The monoisotopic (exact) mass is 245 g/mol. The van der Waals surface area contributed by atoms with E-state index in [4.69, 9.17) is 10.5 Å². The molecule has 2 N–H and O–H groups in total. The molecular formula is C9H15N3OS2. The Morgan fingerprint density at radius 1 is 1.47 bits per heavy atom. The van der Waals surface area contributed by atoms with Gasteiger partial charge in [-0.3, -0.25) is 0 Å². The summed E-state index contributed by atoms with van der Waals surface area (Å²) in [7, 11) is 0. The number of aromatic nitrogens is 1. The topological polar surface area (TPSA) is 51.4 Å². The maximum absolute atomic E-state index is 5.82. The van der Waals surface area contributed by atoms with E-state index in [-0.39, 0.29) is 0 Å². The SMILES string of the molecule is CSc1c(N)nsc1N1CCCOCC1. The summed E-state index contributed by atoms with van der Waals surface area (Å²) in [5.41, 5.74) is 5.82. The third-order valence-corrected chi connectivity index (χ3v) is 4.23. The fourth-order valence-electron chi connectivity index (χ4n) is 1.63. The molecule has 1 aliphatic heterocycles. The number of thioether (sulfide) groups is 1. The molecule has 4 nitrogen and oxygen atoms in total. The predicted octanol–water partition coefficient (Wildman–Crippen LogP) is 1.67. The molecule has 6 heteroatoms. The van der Waals surface area contributed by atoms with Crippen molar-refractivity contribution in [3.63, 3.8) is 0 Å². The van der Waals surface area contributed by atoms with Gasteiger partial charge in [0.25, 0.3) is 0 Å². The second-order valence-electron chi connectivity index (χ2n) is 3.36. The van der Waals surface area contributed by atoms with Crippen LogP contribution in [0.5, 0.6) is 0 Å². The summed E-state index contributed by atoms with van der Waals surface area (Å²) in [6.45, 7) is 3.63. The van der Waals surface area contributed by atoms with Gasteiger partial charge in [-0.2, -0.15) is 4.37 Å². The maximum atomic E-state index is 5.82. The first kappa shape index (κ1) is 11.0. The molecule has 0 aromatic carbocycles. The summed E-state index contributed by atoms with van der Waals surface area (Å²) in [6.07, 6.45) is 3.11. The number of nitrogens with zero attached hydrogens (tertiary/aromatic N) is 2. The van der Waals surface area contributed by atoms with Crippen LogP contribution < -0.4 is 10.6 Å². The zero-order chi connectivity index (χ0) is 10.7. The van der Waals surface area contributed by atoms with Crippen molar-refractivity contribution in [3.8, 4) is 0 Å². The fraction of sp³-hybridized carbons (Fsp3) is 0.667. The van der Waals surface area contributed by atoms with Crippen molar-refractivity contribution in [1.82, 2.24) is 4.37 Å². The zero-order valence-electron chi connectivity index (χ0n) is 8.73. The molecule has 0 radical (unpaired) electrons. The highest BCUT2D eigenvalue weighted by Crippen LogP contribution is 2.37. The molecule has 1 fully saturated rings. The molecule has 0 saturated carbocycles. The van der Waals surface area contributed by atoms with Crippen LogP contribution in [0.3, 0.4) is 0 Å². The molecule has 0 unspecified atom stereocenters. The van der Waals surface area contributed by atoms with Gasteiger partial charge in [0.15, 0.2) is 5.82 Å². The van der Waals surface area contributed by atoms with Gasteiger partial charge < -0.3 is 15.4 Å². The highest BCUT2D eigenvalue weighted by Gasteiger charge is 2.18. The van der Waals surface area contributed by atoms with Gasteiger partial charge >= 0.3 is 0 Å². The summed E-state index contributed by atoms with van der Waals surface area (Å²) >= 11 is 3.16. The molecule has 0 aliphatic carbocycles. The average molecular weight is 245 g/mol. The minimum Gasteiger partial charge on any atom is -0.382 e. The predicted molar refractivity (Wildman–Crippen MR) is 66.0 cm³/mol. The quantitative estimate of drug-likeness (QED) is 0.803. The highest BCUT2D eigenvalue weighted by atomic mass is 32.2. The van der Waals surface area contributed by atoms with Gasteiger partial charge in [0.2, 0.25) is 0 Å². The normalized spacial score (nSPS) is 17.8. The van der Waals surface area contributed by atoms with Crippen LogP contribution in [0.2, 0.25) is 0 Å². The third-order valence-electron chi connectivity index (χ3n) is 2.37. The Bertz CT molecular complexity index is 321. The zero-order valence-corrected chi connectivity index (χ0v) is 10.4. The van der Waals surface area contributed by atoms with Gasteiger partial charge in [0.1, 0.15) is 5.00 Å². The van der Waals surface area contributed by atoms with Gasteiger partial charge in [-0.1, -0.05) is 0 Å². The van der Waals surface area contributed by atoms with Crippen molar-refractivity contribution in [2.24, 2.45) is 0 Å². The molecule has 15 heavy (non-hydrogen) atoms. The standard InChI is InChI=1S/C9H15N3OS2/c1-14-7-8(10)11-15-9(7)12-3-2-5-13-6-4-12/h2-6H2,1H3,(H2,10,11). The molecule has 84 valence electrons. The van der Waals surface area contributed by atoms with Crippen LogP contribution in [0.25, 0.3) is 0 Å². The second kappa shape index (κ2) is 5.05. The van der Waals surface area contributed by atoms with E-state index in [0.29, 0.717) is 5.82 Å². The molecule has 2 rings (SSSR count). The van der Waals surface area contributed by atoms with Crippen molar-refractivity contribution in [2.45, 2.75) is 11.3 Å². The van der Waals surface area contributed by atoms with E-state index < -0.39 is 0 Å². The molecule has 0 spiro atoms. The maximum Gasteiger partial charge on any atom is 0.153 e. The van der Waals surface area contributed by atoms with E-state index in [0.717, 1.165) is 37.6 Å². The first-order valence-electron chi connectivity index (χ1n) is 4.94. The Hall–Kier alpha value is -0.460. The number of rotatable bonds is 2. The second-order valence-corrected chi connectivity index (χ2v) is 4.93. The van der Waals surface area contributed by atoms with Crippen molar-refractivity contribution < 1.29 is 4.74 Å². The number of hydrogen-bond donors (Lipinski definition) is 1. The molecule has 0 atom stereocenters. The van der Waals surface area contributed by atoms with E-state index in [1.807, 2.05) is 6.26 Å². The number of anilines is 2. The van der Waals surface area contributed by atoms with E-state index in [1.54, 1.807) is 11.8 Å². The van der Waals surface area contributed by atoms with Crippen molar-refractivity contribution >= 4 is 34.1 Å². The molecule has 0 bridgehead atoms. The number of ether oxygens (including phenoxy) is 1. The van der Waals surface area contributed by atoms with E-state index in [2.05, 4.69) is 9.27 Å². The lowest BCUT2D eigenvalue weighted by Gasteiger charge is -2.20. The van der Waals surface area contributed by atoms with Gasteiger partial charge in [0.05, 0.1) is 11.5 Å². The van der Waals surface area contributed by atoms with Gasteiger partial charge in [-0.15, -0.1) is 11.8 Å². The Morgan fingerprint density at radius 3 is 3.13 bits per heavy atom. The van der Waals surface area contributed by atoms with Crippen LogP contribution >= 0.6 is 23.3 Å². The third kappa shape index (κ3) is 2.38. The lowest BCUT2D eigenvalue weighted by atomic mass is 10.4. The average Bonchev–Trinajstić information content (AvgIpc) is 2.48. The summed E-state index contributed by atoms with van der Waals surface area (Å²) in [6, 6.07) is 0. The fourth-order valence-corrected chi connectivity index (χ4v) is 3.37. The van der Waals surface area contributed by atoms with Crippen LogP contribution in [0.4, 0.5) is 10.8 Å². The summed E-state index contributed by atoms with van der Waals surface area (Å²) in [5.74, 6) is 0.660. The number of hydrogen-bond acceptors (Lipinski definition) is 6. The molecule has 1 aliphatic rings. The van der Waals surface area contributed by atoms with Gasteiger partial charge in [-0.25, -0.2) is 0 Å². The first-order valence-corrected chi connectivity index (χ1v) is 6.94. The van der Waals surface area contributed by atoms with Crippen LogP contribution in [0.1, 0.15) is 6.42 Å².